The molecule has 0 amide bonds. The van der Waals surface area contributed by atoms with E-state index >= 15 is 0 Å². The molecule has 3 heterocycles. The van der Waals surface area contributed by atoms with Crippen molar-refractivity contribution in [3.05, 3.63) is 84.7 Å². The second kappa shape index (κ2) is 10.9. The average molecular weight is 508 g/mol. The molecule has 0 N–H and O–H groups in total. The second-order valence-electron chi connectivity index (χ2n) is 9.96. The molecule has 1 aliphatic heterocycles. The van der Waals surface area contributed by atoms with Crippen molar-refractivity contribution >= 4 is 21.9 Å². The van der Waals surface area contributed by atoms with Crippen LogP contribution in [0.25, 0.3) is 38.9 Å². The molecular weight excluding hydrogens is 474 g/mol. The summed E-state index contributed by atoms with van der Waals surface area (Å²) in [7, 11) is 3.86. The number of imidazole rings is 1. The molecule has 3 aromatic carbocycles. The zero-order chi connectivity index (χ0) is 25.9. The number of nitrogens with zero attached hydrogens (tertiary/aromatic N) is 5. The van der Waals surface area contributed by atoms with Crippen LogP contribution in [0.1, 0.15) is 5.56 Å². The first kappa shape index (κ1) is 24.6. The van der Waals surface area contributed by atoms with Crippen molar-refractivity contribution in [2.75, 3.05) is 53.6 Å². The van der Waals surface area contributed by atoms with E-state index in [1.54, 1.807) is 7.11 Å². The Morgan fingerprint density at radius 1 is 0.789 bits per heavy atom. The lowest BCUT2D eigenvalue weighted by Crippen LogP contribution is -2.43. The molecule has 38 heavy (non-hydrogen) atoms. The van der Waals surface area contributed by atoms with Gasteiger partial charge in [-0.05, 0) is 60.1 Å². The van der Waals surface area contributed by atoms with Crippen LogP contribution in [0.5, 0.6) is 5.75 Å². The minimum absolute atomic E-state index is 0.512. The van der Waals surface area contributed by atoms with Gasteiger partial charge in [-0.15, -0.1) is 0 Å². The zero-order valence-corrected chi connectivity index (χ0v) is 22.0. The van der Waals surface area contributed by atoms with Crippen LogP contribution in [0.3, 0.4) is 0 Å². The van der Waals surface area contributed by atoms with Gasteiger partial charge in [-0.25, -0.2) is 9.97 Å². The standard InChI is InChI=1S/C31H33N5O2/c1-34-13-15-35(16-14-34)21-23-3-5-24(6-4-23)25-7-10-28-26(19-25)8-12-31(33-28)36-22-32-29-20-27(9-11-30(29)36)38-18-17-37-2/h3-12,19-20,22H,13-18,21H2,1-2H3. The Labute approximate surface area is 223 Å². The summed E-state index contributed by atoms with van der Waals surface area (Å²) >= 11 is 0. The Balaban J connectivity index is 1.19. The summed E-state index contributed by atoms with van der Waals surface area (Å²) in [5.74, 6) is 1.63. The van der Waals surface area contributed by atoms with E-state index in [-0.39, 0.29) is 0 Å². The Bertz CT molecular complexity index is 1540. The maximum Gasteiger partial charge on any atom is 0.139 e. The fourth-order valence-corrected chi connectivity index (χ4v) is 5.00. The molecule has 5 aromatic rings. The maximum atomic E-state index is 5.73. The summed E-state index contributed by atoms with van der Waals surface area (Å²) in [5.41, 5.74) is 6.61. The van der Waals surface area contributed by atoms with Gasteiger partial charge >= 0.3 is 0 Å². The van der Waals surface area contributed by atoms with Crippen LogP contribution in [0, 0.1) is 0 Å². The van der Waals surface area contributed by atoms with Gasteiger partial charge in [0.1, 0.15) is 24.5 Å². The smallest absolute Gasteiger partial charge is 0.139 e. The molecule has 194 valence electrons. The van der Waals surface area contributed by atoms with Crippen molar-refractivity contribution in [1.82, 2.24) is 24.3 Å². The van der Waals surface area contributed by atoms with Gasteiger partial charge in [-0.1, -0.05) is 30.3 Å². The number of hydrogen-bond acceptors (Lipinski definition) is 6. The summed E-state index contributed by atoms with van der Waals surface area (Å²) in [5, 5.41) is 1.12. The first-order chi connectivity index (χ1) is 18.7. The normalized spacial score (nSPS) is 14.9. The summed E-state index contributed by atoms with van der Waals surface area (Å²) in [6, 6.07) is 25.6. The van der Waals surface area contributed by atoms with Crippen LogP contribution in [0.4, 0.5) is 0 Å². The largest absolute Gasteiger partial charge is 0.491 e. The summed E-state index contributed by atoms with van der Waals surface area (Å²) in [4.78, 5) is 14.4. The minimum atomic E-state index is 0.512. The Hall–Kier alpha value is -3.78. The predicted octanol–water partition coefficient (Wildman–Crippen LogP) is 5.01. The zero-order valence-electron chi connectivity index (χ0n) is 22.0. The van der Waals surface area contributed by atoms with Gasteiger partial charge in [0.2, 0.25) is 0 Å². The van der Waals surface area contributed by atoms with E-state index in [4.69, 9.17) is 14.5 Å². The molecule has 0 radical (unpaired) electrons. The van der Waals surface area contributed by atoms with Crippen molar-refractivity contribution in [1.29, 1.82) is 0 Å². The molecule has 1 aliphatic rings. The highest BCUT2D eigenvalue weighted by molar-refractivity contribution is 5.86. The molecule has 0 atom stereocenters. The van der Waals surface area contributed by atoms with Gasteiger partial charge in [-0.3, -0.25) is 9.47 Å². The molecule has 7 heteroatoms. The SMILES string of the molecule is COCCOc1ccc2c(c1)ncn2-c1ccc2cc(-c3ccc(CN4CCN(C)CC4)cc3)ccc2n1. The molecule has 0 unspecified atom stereocenters. The highest BCUT2D eigenvalue weighted by Crippen LogP contribution is 2.27. The third kappa shape index (κ3) is 5.27. The summed E-state index contributed by atoms with van der Waals surface area (Å²) in [6.45, 7) is 6.65. The van der Waals surface area contributed by atoms with E-state index < -0.39 is 0 Å². The summed E-state index contributed by atoms with van der Waals surface area (Å²) in [6.07, 6.45) is 1.82. The number of likely N-dealkylation sites (N-methyl/N-ethyl adjacent to an activating group) is 1. The van der Waals surface area contributed by atoms with Gasteiger partial charge in [0.05, 0.1) is 23.2 Å². The monoisotopic (exact) mass is 507 g/mol. The van der Waals surface area contributed by atoms with Crippen LogP contribution < -0.4 is 4.74 Å². The second-order valence-corrected chi connectivity index (χ2v) is 9.96. The lowest BCUT2D eigenvalue weighted by molar-refractivity contribution is 0.146. The van der Waals surface area contributed by atoms with Crippen molar-refractivity contribution in [2.45, 2.75) is 6.54 Å². The average Bonchev–Trinajstić information content (AvgIpc) is 3.38. The van der Waals surface area contributed by atoms with Gasteiger partial charge in [-0.2, -0.15) is 0 Å². The molecule has 0 bridgehead atoms. The van der Waals surface area contributed by atoms with E-state index in [1.165, 1.54) is 16.7 Å². The van der Waals surface area contributed by atoms with Crippen LogP contribution in [-0.4, -0.2) is 77.9 Å². The van der Waals surface area contributed by atoms with Crippen molar-refractivity contribution in [3.8, 4) is 22.7 Å². The number of hydrogen-bond donors (Lipinski definition) is 0. The molecule has 2 aromatic heterocycles. The number of fused-ring (bicyclic) bond motifs is 2. The first-order valence-corrected chi connectivity index (χ1v) is 13.2. The topological polar surface area (TPSA) is 55.7 Å². The highest BCUT2D eigenvalue weighted by Gasteiger charge is 2.14. The van der Waals surface area contributed by atoms with Crippen molar-refractivity contribution in [3.63, 3.8) is 0 Å². The summed E-state index contributed by atoms with van der Waals surface area (Å²) < 4.78 is 12.8. The Morgan fingerprint density at radius 3 is 2.42 bits per heavy atom. The third-order valence-electron chi connectivity index (χ3n) is 7.29. The Kier molecular flexibility index (Phi) is 7.05. The van der Waals surface area contributed by atoms with Gasteiger partial charge in [0, 0.05) is 51.3 Å². The molecule has 0 saturated carbocycles. The fraction of sp³-hybridized carbons (Fsp3) is 0.290. The maximum absolute atomic E-state index is 5.73. The van der Waals surface area contributed by atoms with Gasteiger partial charge in [0.25, 0.3) is 0 Å². The molecule has 0 aliphatic carbocycles. The molecule has 0 spiro atoms. The molecule has 1 saturated heterocycles. The number of aromatic nitrogens is 3. The number of benzene rings is 3. The lowest BCUT2D eigenvalue weighted by atomic mass is 10.0. The number of pyridine rings is 1. The number of piperazine rings is 1. The third-order valence-corrected chi connectivity index (χ3v) is 7.29. The fourth-order valence-electron chi connectivity index (χ4n) is 5.00. The highest BCUT2D eigenvalue weighted by atomic mass is 16.5. The van der Waals surface area contributed by atoms with Crippen molar-refractivity contribution in [2.24, 2.45) is 0 Å². The van der Waals surface area contributed by atoms with Gasteiger partial charge in [0.15, 0.2) is 0 Å². The van der Waals surface area contributed by atoms with Gasteiger partial charge < -0.3 is 14.4 Å². The first-order valence-electron chi connectivity index (χ1n) is 13.2. The van der Waals surface area contributed by atoms with Crippen LogP contribution in [0.2, 0.25) is 0 Å². The molecule has 6 rings (SSSR count). The quantitative estimate of drug-likeness (QED) is 0.275. The van der Waals surface area contributed by atoms with Crippen LogP contribution >= 0.6 is 0 Å². The molecule has 7 nitrogen and oxygen atoms in total. The van der Waals surface area contributed by atoms with Crippen LogP contribution in [0.15, 0.2) is 79.1 Å². The molecule has 1 fully saturated rings. The van der Waals surface area contributed by atoms with Crippen LogP contribution in [-0.2, 0) is 11.3 Å². The van der Waals surface area contributed by atoms with E-state index in [9.17, 15) is 0 Å². The van der Waals surface area contributed by atoms with Crippen molar-refractivity contribution < 1.29 is 9.47 Å². The number of methoxy groups -OCH3 is 1. The predicted molar refractivity (Wildman–Crippen MR) is 152 cm³/mol. The van der Waals surface area contributed by atoms with E-state index in [2.05, 4.69) is 76.4 Å². The Morgan fingerprint density at radius 2 is 1.61 bits per heavy atom. The minimum Gasteiger partial charge on any atom is -0.491 e. The number of rotatable bonds is 8. The lowest BCUT2D eigenvalue weighted by Gasteiger charge is -2.32. The van der Waals surface area contributed by atoms with E-state index in [0.717, 1.165) is 66.2 Å². The van der Waals surface area contributed by atoms with E-state index in [0.29, 0.717) is 13.2 Å². The molecular formula is C31H33N5O2. The van der Waals surface area contributed by atoms with E-state index in [1.807, 2.05) is 29.1 Å². The number of ether oxygens (including phenoxy) is 2.